The standard InChI is InChI=1S/C31H43NO4/c1-18-8-10-30(6)22-9-11-31(28(35)36-7)13-12-29(4,5)16-24(31)26(22)25(33)15-23(30)19(2)14-21(17-32)27(34)20(18)3/h15,18-19,22,24,26,34H,3,8-14,16H2,1-2,4-7H3/b27-21-. The lowest BCUT2D eigenvalue weighted by Gasteiger charge is -2.60. The first-order chi connectivity index (χ1) is 16.8. The minimum absolute atomic E-state index is 0.0195. The van der Waals surface area contributed by atoms with E-state index >= 15 is 0 Å². The van der Waals surface area contributed by atoms with Gasteiger partial charge in [-0.05, 0) is 97.5 Å². The molecule has 5 nitrogen and oxygen atoms in total. The molecule has 0 saturated heterocycles. The molecule has 196 valence electrons. The third-order valence-corrected chi connectivity index (χ3v) is 10.7. The van der Waals surface area contributed by atoms with Crippen LogP contribution in [0.4, 0.5) is 0 Å². The molecule has 2 fully saturated rings. The van der Waals surface area contributed by atoms with Crippen molar-refractivity contribution < 1.29 is 19.4 Å². The highest BCUT2D eigenvalue weighted by atomic mass is 16.5. The largest absolute Gasteiger partial charge is 0.507 e. The SMILES string of the molecule is C=C1/C(O)=C(/C#N)CC(C)C2=CC(=O)C3C(CCC4(C(=O)OC)CCC(C)(C)CC34)C2(C)CCC1C. The Bertz CT molecular complexity index is 1070. The lowest BCUT2D eigenvalue weighted by molar-refractivity contribution is -0.176. The quantitative estimate of drug-likeness (QED) is 0.403. The van der Waals surface area contributed by atoms with Gasteiger partial charge in [0.2, 0.25) is 0 Å². The number of esters is 1. The number of ether oxygens (including phenoxy) is 1. The van der Waals surface area contributed by atoms with E-state index in [9.17, 15) is 20.0 Å². The molecule has 7 unspecified atom stereocenters. The normalized spacial score (nSPS) is 42.7. The molecule has 0 amide bonds. The summed E-state index contributed by atoms with van der Waals surface area (Å²) in [7, 11) is 1.48. The van der Waals surface area contributed by atoms with Gasteiger partial charge >= 0.3 is 5.97 Å². The van der Waals surface area contributed by atoms with Crippen molar-refractivity contribution in [1.82, 2.24) is 0 Å². The van der Waals surface area contributed by atoms with Gasteiger partial charge in [0.05, 0.1) is 24.2 Å². The first-order valence-electron chi connectivity index (χ1n) is 13.7. The van der Waals surface area contributed by atoms with Gasteiger partial charge in [-0.1, -0.05) is 46.8 Å². The molecule has 4 rings (SSSR count). The number of methoxy groups -OCH3 is 1. The fraction of sp³-hybridized carbons (Fsp3) is 0.710. The van der Waals surface area contributed by atoms with Crippen LogP contribution in [-0.4, -0.2) is 24.0 Å². The van der Waals surface area contributed by atoms with E-state index in [0.717, 1.165) is 50.5 Å². The molecule has 0 radical (unpaired) electrons. The van der Waals surface area contributed by atoms with Crippen LogP contribution in [0.5, 0.6) is 0 Å². The smallest absolute Gasteiger partial charge is 0.312 e. The summed E-state index contributed by atoms with van der Waals surface area (Å²) >= 11 is 0. The number of hydrogen-bond acceptors (Lipinski definition) is 5. The Balaban J connectivity index is 1.83. The third-order valence-electron chi connectivity index (χ3n) is 10.7. The molecule has 0 heterocycles. The molecule has 1 N–H and O–H groups in total. The maximum atomic E-state index is 14.0. The zero-order chi connectivity index (χ0) is 26.6. The molecular formula is C31H43NO4. The number of aliphatic hydroxyl groups excluding tert-OH is 1. The Labute approximate surface area is 216 Å². The molecular weight excluding hydrogens is 450 g/mol. The summed E-state index contributed by atoms with van der Waals surface area (Å²) in [6.07, 6.45) is 8.15. The van der Waals surface area contributed by atoms with Gasteiger partial charge in [-0.15, -0.1) is 0 Å². The van der Waals surface area contributed by atoms with Crippen LogP contribution in [0.1, 0.15) is 86.0 Å². The van der Waals surface area contributed by atoms with Crippen LogP contribution >= 0.6 is 0 Å². The highest BCUT2D eigenvalue weighted by molar-refractivity contribution is 5.95. The first kappa shape index (κ1) is 26.7. The maximum absolute atomic E-state index is 14.0. The van der Waals surface area contributed by atoms with Crippen molar-refractivity contribution in [1.29, 1.82) is 5.26 Å². The Morgan fingerprint density at radius 1 is 1.11 bits per heavy atom. The van der Waals surface area contributed by atoms with Crippen molar-refractivity contribution in [2.45, 2.75) is 86.0 Å². The molecule has 36 heavy (non-hydrogen) atoms. The van der Waals surface area contributed by atoms with Gasteiger partial charge in [0.1, 0.15) is 5.76 Å². The van der Waals surface area contributed by atoms with Gasteiger partial charge in [-0.3, -0.25) is 9.59 Å². The number of allylic oxidation sites excluding steroid dienone is 4. The summed E-state index contributed by atoms with van der Waals surface area (Å²) in [5, 5.41) is 20.6. The maximum Gasteiger partial charge on any atom is 0.312 e. The highest BCUT2D eigenvalue weighted by Crippen LogP contribution is 2.65. The van der Waals surface area contributed by atoms with Crippen LogP contribution in [-0.2, 0) is 14.3 Å². The van der Waals surface area contributed by atoms with E-state index in [1.807, 2.05) is 6.08 Å². The summed E-state index contributed by atoms with van der Waals surface area (Å²) in [4.78, 5) is 27.3. The summed E-state index contributed by atoms with van der Waals surface area (Å²) in [6.45, 7) is 15.1. The Hall–Kier alpha value is -2.35. The number of nitrogens with zero attached hydrogens (tertiary/aromatic N) is 1. The Morgan fingerprint density at radius 3 is 2.44 bits per heavy atom. The van der Waals surface area contributed by atoms with Gasteiger partial charge in [0, 0.05) is 5.92 Å². The predicted molar refractivity (Wildman–Crippen MR) is 140 cm³/mol. The minimum Gasteiger partial charge on any atom is -0.507 e. The molecule has 0 spiro atoms. The second kappa shape index (κ2) is 9.19. The van der Waals surface area contributed by atoms with Crippen LogP contribution in [0.2, 0.25) is 0 Å². The monoisotopic (exact) mass is 493 g/mol. The second-order valence-corrected chi connectivity index (χ2v) is 13.2. The number of ketones is 1. The fourth-order valence-corrected chi connectivity index (χ4v) is 8.36. The zero-order valence-corrected chi connectivity index (χ0v) is 22.9. The van der Waals surface area contributed by atoms with Gasteiger partial charge in [-0.2, -0.15) is 5.26 Å². The van der Waals surface area contributed by atoms with Crippen molar-refractivity contribution in [2.24, 2.45) is 45.8 Å². The van der Waals surface area contributed by atoms with Gasteiger partial charge < -0.3 is 9.84 Å². The van der Waals surface area contributed by atoms with E-state index in [4.69, 9.17) is 4.74 Å². The molecule has 5 heteroatoms. The Kier molecular flexibility index (Phi) is 6.82. The fourth-order valence-electron chi connectivity index (χ4n) is 8.36. The molecule has 7 atom stereocenters. The molecule has 0 aromatic carbocycles. The number of fused-ring (bicyclic) bond motifs is 5. The molecule has 0 aromatic heterocycles. The summed E-state index contributed by atoms with van der Waals surface area (Å²) < 4.78 is 5.37. The average Bonchev–Trinajstić information content (AvgIpc) is 2.84. The number of rotatable bonds is 1. The van der Waals surface area contributed by atoms with Crippen LogP contribution in [0.25, 0.3) is 0 Å². The van der Waals surface area contributed by atoms with E-state index in [1.165, 1.54) is 7.11 Å². The average molecular weight is 494 g/mol. The van der Waals surface area contributed by atoms with E-state index in [0.29, 0.717) is 17.6 Å². The number of carbonyl (C=O) groups excluding carboxylic acids is 2. The number of hydrogen-bond donors (Lipinski definition) is 1. The van der Waals surface area contributed by atoms with Crippen molar-refractivity contribution in [3.8, 4) is 6.07 Å². The van der Waals surface area contributed by atoms with Gasteiger partial charge in [0.15, 0.2) is 5.78 Å². The number of carbonyl (C=O) groups is 2. The lowest BCUT2D eigenvalue weighted by Crippen LogP contribution is -2.58. The lowest BCUT2D eigenvalue weighted by atomic mass is 9.43. The van der Waals surface area contributed by atoms with Crippen LogP contribution in [0.3, 0.4) is 0 Å². The third kappa shape index (κ3) is 4.05. The van der Waals surface area contributed by atoms with Crippen LogP contribution < -0.4 is 0 Å². The van der Waals surface area contributed by atoms with Crippen molar-refractivity contribution in [2.75, 3.05) is 7.11 Å². The zero-order valence-electron chi connectivity index (χ0n) is 22.9. The first-order valence-corrected chi connectivity index (χ1v) is 13.7. The van der Waals surface area contributed by atoms with Crippen LogP contribution in [0.15, 0.2) is 35.1 Å². The highest BCUT2D eigenvalue weighted by Gasteiger charge is 2.63. The van der Waals surface area contributed by atoms with Gasteiger partial charge in [-0.25, -0.2) is 0 Å². The van der Waals surface area contributed by atoms with E-state index in [-0.39, 0.29) is 57.9 Å². The van der Waals surface area contributed by atoms with Gasteiger partial charge in [0.25, 0.3) is 0 Å². The Morgan fingerprint density at radius 2 is 1.81 bits per heavy atom. The molecule has 0 aliphatic heterocycles. The molecule has 0 aromatic rings. The predicted octanol–water partition coefficient (Wildman–Crippen LogP) is 6.86. The summed E-state index contributed by atoms with van der Waals surface area (Å²) in [5.41, 5.74) is 1.37. The van der Waals surface area contributed by atoms with E-state index in [2.05, 4.69) is 47.3 Å². The molecule has 4 aliphatic rings. The molecule has 0 bridgehead atoms. The van der Waals surface area contributed by atoms with Crippen molar-refractivity contribution in [3.05, 3.63) is 35.1 Å². The van der Waals surface area contributed by atoms with Crippen molar-refractivity contribution in [3.63, 3.8) is 0 Å². The minimum atomic E-state index is -0.575. The van der Waals surface area contributed by atoms with Crippen LogP contribution in [0, 0.1) is 57.2 Å². The molecule has 4 aliphatic carbocycles. The van der Waals surface area contributed by atoms with E-state index < -0.39 is 5.41 Å². The number of aliphatic hydroxyl groups is 1. The molecule has 2 saturated carbocycles. The van der Waals surface area contributed by atoms with E-state index in [1.54, 1.807) is 0 Å². The second-order valence-electron chi connectivity index (χ2n) is 13.2. The summed E-state index contributed by atoms with van der Waals surface area (Å²) in [5.74, 6) is -0.0761. The van der Waals surface area contributed by atoms with Crippen molar-refractivity contribution >= 4 is 11.8 Å². The number of nitriles is 1. The summed E-state index contributed by atoms with van der Waals surface area (Å²) in [6, 6.07) is 2.20. The topological polar surface area (TPSA) is 87.4 Å².